The minimum absolute atomic E-state index is 0.0690. The maximum atomic E-state index is 12.4. The lowest BCUT2D eigenvalue weighted by atomic mass is 10.0. The van der Waals surface area contributed by atoms with Gasteiger partial charge in [0, 0.05) is 16.5 Å². The number of benzene rings is 3. The van der Waals surface area contributed by atoms with Crippen molar-refractivity contribution in [1.29, 1.82) is 0 Å². The molecular weight excluding hydrogens is 396 g/mol. The van der Waals surface area contributed by atoms with Crippen molar-refractivity contribution in [1.82, 2.24) is 31.1 Å². The molecule has 152 valence electrons. The monoisotopic (exact) mass is 412 g/mol. The molecule has 0 aliphatic carbocycles. The molecule has 0 fully saturated rings. The number of tetrazole rings is 1. The molecule has 3 aromatic carbocycles. The quantitative estimate of drug-likeness (QED) is 0.439. The Morgan fingerprint density at radius 3 is 2.61 bits per heavy atom. The molecule has 2 aromatic heterocycles. The molecule has 0 unspecified atom stereocenters. The summed E-state index contributed by atoms with van der Waals surface area (Å²) in [6, 6.07) is 18.4. The normalized spacial score (nSPS) is 11.0. The molecule has 5 aromatic rings. The summed E-state index contributed by atoms with van der Waals surface area (Å²) in [5.41, 5.74) is 7.46. The molecule has 31 heavy (non-hydrogen) atoms. The minimum atomic E-state index is -0.431. The summed E-state index contributed by atoms with van der Waals surface area (Å²) in [6.07, 6.45) is 3.10. The van der Waals surface area contributed by atoms with Gasteiger partial charge in [-0.15, -0.1) is 5.10 Å². The highest BCUT2D eigenvalue weighted by atomic mass is 16.3. The van der Waals surface area contributed by atoms with E-state index in [9.17, 15) is 9.59 Å². The van der Waals surface area contributed by atoms with Crippen LogP contribution in [0.2, 0.25) is 0 Å². The van der Waals surface area contributed by atoms with E-state index in [-0.39, 0.29) is 12.3 Å². The number of fused-ring (bicyclic) bond motifs is 3. The van der Waals surface area contributed by atoms with Gasteiger partial charge < -0.3 is 4.42 Å². The number of rotatable bonds is 4. The Kier molecular flexibility index (Phi) is 4.60. The van der Waals surface area contributed by atoms with E-state index in [0.717, 1.165) is 21.7 Å². The van der Waals surface area contributed by atoms with Crippen LogP contribution in [0.5, 0.6) is 0 Å². The first-order chi connectivity index (χ1) is 15.2. The van der Waals surface area contributed by atoms with Gasteiger partial charge in [0.05, 0.1) is 18.4 Å². The van der Waals surface area contributed by atoms with Crippen molar-refractivity contribution in [2.75, 3.05) is 0 Å². The zero-order valence-electron chi connectivity index (χ0n) is 16.1. The van der Waals surface area contributed by atoms with Gasteiger partial charge in [-0.2, -0.15) is 0 Å². The van der Waals surface area contributed by atoms with Crippen LogP contribution in [0.4, 0.5) is 0 Å². The van der Waals surface area contributed by atoms with E-state index < -0.39 is 5.91 Å². The second kappa shape index (κ2) is 7.71. The second-order valence-corrected chi connectivity index (χ2v) is 6.90. The van der Waals surface area contributed by atoms with Crippen LogP contribution >= 0.6 is 0 Å². The van der Waals surface area contributed by atoms with E-state index in [0.29, 0.717) is 16.8 Å². The molecular formula is C22H16N6O3. The number of hydrazine groups is 1. The largest absolute Gasteiger partial charge is 0.464 e. The molecule has 0 bridgehead atoms. The lowest BCUT2D eigenvalue weighted by Crippen LogP contribution is -2.42. The van der Waals surface area contributed by atoms with Crippen molar-refractivity contribution in [2.45, 2.75) is 6.42 Å². The minimum Gasteiger partial charge on any atom is -0.464 e. The summed E-state index contributed by atoms with van der Waals surface area (Å²) >= 11 is 0. The van der Waals surface area contributed by atoms with Gasteiger partial charge >= 0.3 is 0 Å². The number of aromatic nitrogens is 4. The fraction of sp³-hybridized carbons (Fsp3) is 0.0455. The number of carbonyl (C=O) groups excluding carboxylic acids is 2. The molecule has 0 aliphatic heterocycles. The maximum absolute atomic E-state index is 12.4. The summed E-state index contributed by atoms with van der Waals surface area (Å²) in [7, 11) is 0. The van der Waals surface area contributed by atoms with Gasteiger partial charge in [-0.25, -0.2) is 4.68 Å². The first kappa shape index (κ1) is 18.5. The Morgan fingerprint density at radius 1 is 0.968 bits per heavy atom. The van der Waals surface area contributed by atoms with Gasteiger partial charge in [0.2, 0.25) is 5.91 Å². The van der Waals surface area contributed by atoms with Gasteiger partial charge in [-0.3, -0.25) is 20.4 Å². The summed E-state index contributed by atoms with van der Waals surface area (Å²) in [5, 5.41) is 13.9. The average molecular weight is 412 g/mol. The molecule has 9 heteroatoms. The Balaban J connectivity index is 1.26. The van der Waals surface area contributed by atoms with Crippen LogP contribution in [0, 0.1) is 0 Å². The predicted octanol–water partition coefficient (Wildman–Crippen LogP) is 2.57. The zero-order valence-corrected chi connectivity index (χ0v) is 16.1. The van der Waals surface area contributed by atoms with Crippen LogP contribution in [-0.4, -0.2) is 32.0 Å². The van der Waals surface area contributed by atoms with E-state index in [4.69, 9.17) is 4.42 Å². The summed E-state index contributed by atoms with van der Waals surface area (Å²) < 4.78 is 7.09. The van der Waals surface area contributed by atoms with Crippen molar-refractivity contribution in [3.8, 4) is 5.69 Å². The zero-order chi connectivity index (χ0) is 21.2. The topological polar surface area (TPSA) is 115 Å². The molecule has 2 heterocycles. The highest BCUT2D eigenvalue weighted by molar-refractivity contribution is 6.08. The van der Waals surface area contributed by atoms with Crippen LogP contribution in [0.25, 0.3) is 27.4 Å². The SMILES string of the molecule is O=C(Cc1coc2ccc3ccccc3c12)NNC(=O)c1ccc(-n2cnnn2)cc1. The molecule has 0 spiro atoms. The van der Waals surface area contributed by atoms with Gasteiger partial charge in [0.25, 0.3) is 5.91 Å². The fourth-order valence-electron chi connectivity index (χ4n) is 3.47. The lowest BCUT2D eigenvalue weighted by Gasteiger charge is -2.08. The van der Waals surface area contributed by atoms with E-state index in [2.05, 4.69) is 26.4 Å². The number of hydrogen-bond donors (Lipinski definition) is 2. The van der Waals surface area contributed by atoms with Gasteiger partial charge in [0.1, 0.15) is 11.9 Å². The highest BCUT2D eigenvalue weighted by Crippen LogP contribution is 2.30. The lowest BCUT2D eigenvalue weighted by molar-refractivity contribution is -0.121. The van der Waals surface area contributed by atoms with E-state index in [1.165, 1.54) is 11.0 Å². The summed E-state index contributed by atoms with van der Waals surface area (Å²) in [5.74, 6) is -0.784. The number of hydrogen-bond acceptors (Lipinski definition) is 6. The fourth-order valence-corrected chi connectivity index (χ4v) is 3.47. The third kappa shape index (κ3) is 3.60. The van der Waals surface area contributed by atoms with Crippen molar-refractivity contribution >= 4 is 33.6 Å². The molecule has 2 N–H and O–H groups in total. The van der Waals surface area contributed by atoms with Gasteiger partial charge in [-0.05, 0) is 51.5 Å². The van der Waals surface area contributed by atoms with Crippen LogP contribution in [0.1, 0.15) is 15.9 Å². The molecule has 0 atom stereocenters. The summed E-state index contributed by atoms with van der Waals surface area (Å²) in [4.78, 5) is 24.8. The molecule has 0 saturated carbocycles. The van der Waals surface area contributed by atoms with Crippen molar-refractivity contribution in [3.63, 3.8) is 0 Å². The van der Waals surface area contributed by atoms with E-state index >= 15 is 0 Å². The Morgan fingerprint density at radius 2 is 1.81 bits per heavy atom. The molecule has 5 rings (SSSR count). The first-order valence-corrected chi connectivity index (χ1v) is 9.49. The van der Waals surface area contributed by atoms with Crippen LogP contribution in [0.3, 0.4) is 0 Å². The molecule has 2 amide bonds. The Hall–Kier alpha value is -4.53. The molecule has 9 nitrogen and oxygen atoms in total. The third-order valence-electron chi connectivity index (χ3n) is 4.95. The highest BCUT2D eigenvalue weighted by Gasteiger charge is 2.14. The van der Waals surface area contributed by atoms with Crippen LogP contribution in [-0.2, 0) is 11.2 Å². The van der Waals surface area contributed by atoms with Gasteiger partial charge in [0.15, 0.2) is 0 Å². The van der Waals surface area contributed by atoms with E-state index in [1.807, 2.05) is 36.4 Å². The van der Waals surface area contributed by atoms with Crippen LogP contribution < -0.4 is 10.9 Å². The van der Waals surface area contributed by atoms with Crippen molar-refractivity contribution in [2.24, 2.45) is 0 Å². The Bertz CT molecular complexity index is 1390. The molecule has 0 radical (unpaired) electrons. The predicted molar refractivity (Wildman–Crippen MR) is 112 cm³/mol. The van der Waals surface area contributed by atoms with Gasteiger partial charge in [-0.1, -0.05) is 30.3 Å². The standard InChI is InChI=1S/C22H16N6O3/c29-20(11-16-12-31-19-10-7-14-3-1-2-4-18(14)21(16)19)24-25-22(30)15-5-8-17(9-6-15)28-13-23-26-27-28/h1-10,12-13H,11H2,(H,24,29)(H,25,30). The van der Waals surface area contributed by atoms with E-state index in [1.54, 1.807) is 30.5 Å². The maximum Gasteiger partial charge on any atom is 0.269 e. The number of amides is 2. The summed E-state index contributed by atoms with van der Waals surface area (Å²) in [6.45, 7) is 0. The molecule has 0 aliphatic rings. The second-order valence-electron chi connectivity index (χ2n) is 6.90. The number of nitrogens with zero attached hydrogens (tertiary/aromatic N) is 4. The number of nitrogens with one attached hydrogen (secondary N) is 2. The average Bonchev–Trinajstić information content (AvgIpc) is 3.48. The van der Waals surface area contributed by atoms with Crippen molar-refractivity contribution in [3.05, 3.63) is 84.4 Å². The third-order valence-corrected chi connectivity index (χ3v) is 4.95. The first-order valence-electron chi connectivity index (χ1n) is 9.49. The van der Waals surface area contributed by atoms with Crippen LogP contribution in [0.15, 0.2) is 77.7 Å². The Labute approximate surface area is 175 Å². The molecule has 0 saturated heterocycles. The number of carbonyl (C=O) groups is 2. The smallest absolute Gasteiger partial charge is 0.269 e. The number of furan rings is 1. The van der Waals surface area contributed by atoms with Crippen molar-refractivity contribution < 1.29 is 14.0 Å².